The number of nitrogens with two attached hydrogens (primary N) is 1. The Morgan fingerprint density at radius 1 is 1.29 bits per heavy atom. The number of nitrogens with one attached hydrogen (secondary N) is 1. The zero-order chi connectivity index (χ0) is 24.1. The summed E-state index contributed by atoms with van der Waals surface area (Å²) in [4.78, 5) is 46.5. The molecule has 3 amide bonds. The van der Waals surface area contributed by atoms with Gasteiger partial charge >= 0.3 is 5.97 Å². The Morgan fingerprint density at radius 3 is 2.35 bits per heavy atom. The number of carbonyl (C=O) groups is 4. The van der Waals surface area contributed by atoms with E-state index < -0.39 is 17.9 Å². The van der Waals surface area contributed by atoms with E-state index in [1.807, 2.05) is 13.0 Å². The van der Waals surface area contributed by atoms with Crippen molar-refractivity contribution in [3.63, 3.8) is 0 Å². The van der Waals surface area contributed by atoms with E-state index in [1.54, 1.807) is 32.2 Å². The van der Waals surface area contributed by atoms with Crippen LogP contribution in [0.2, 0.25) is 0 Å². The van der Waals surface area contributed by atoms with E-state index in [0.717, 1.165) is 4.90 Å². The van der Waals surface area contributed by atoms with Crippen LogP contribution in [0.5, 0.6) is 0 Å². The topological polar surface area (TPSA) is 139 Å². The monoisotopic (exact) mass is 431 g/mol. The number of benzene rings is 1. The minimum atomic E-state index is -0.954. The van der Waals surface area contributed by atoms with Gasteiger partial charge in [0.2, 0.25) is 5.91 Å². The number of aliphatic carboxylic acids is 1. The first-order chi connectivity index (χ1) is 14.6. The molecule has 1 aromatic carbocycles. The van der Waals surface area contributed by atoms with Gasteiger partial charge in [-0.2, -0.15) is 0 Å². The Morgan fingerprint density at radius 2 is 1.87 bits per heavy atom. The van der Waals surface area contributed by atoms with Gasteiger partial charge in [-0.05, 0) is 38.5 Å². The highest BCUT2D eigenvalue weighted by atomic mass is 16.5. The van der Waals surface area contributed by atoms with Crippen molar-refractivity contribution in [2.45, 2.75) is 39.7 Å². The number of amides is 3. The molecule has 0 spiro atoms. The summed E-state index contributed by atoms with van der Waals surface area (Å²) in [7, 11) is 1.56. The molecule has 0 radical (unpaired) electrons. The quantitative estimate of drug-likeness (QED) is 0.326. The number of terminal acetylenes is 1. The number of fused-ring (bicyclic) bond motifs is 1. The highest BCUT2D eigenvalue weighted by Crippen LogP contribution is 2.31. The molecule has 1 atom stereocenters. The summed E-state index contributed by atoms with van der Waals surface area (Å²) in [6.45, 7) is 5.22. The second kappa shape index (κ2) is 13.4. The average Bonchev–Trinajstić information content (AvgIpc) is 2.99. The first-order valence-electron chi connectivity index (χ1n) is 9.39. The van der Waals surface area contributed by atoms with Gasteiger partial charge in [-0.25, -0.2) is 0 Å². The van der Waals surface area contributed by atoms with Gasteiger partial charge in [0.05, 0.1) is 24.8 Å². The normalized spacial score (nSPS) is 13.1. The van der Waals surface area contributed by atoms with E-state index in [0.29, 0.717) is 29.1 Å². The Balaban J connectivity index is 0.00000134. The van der Waals surface area contributed by atoms with Crippen LogP contribution < -0.4 is 11.1 Å². The van der Waals surface area contributed by atoms with E-state index in [9.17, 15) is 19.2 Å². The first-order valence-corrected chi connectivity index (χ1v) is 9.39. The maximum atomic E-state index is 12.8. The van der Waals surface area contributed by atoms with Gasteiger partial charge in [-0.15, -0.1) is 12.8 Å². The van der Waals surface area contributed by atoms with E-state index in [2.05, 4.69) is 23.9 Å². The van der Waals surface area contributed by atoms with Gasteiger partial charge in [0.1, 0.15) is 5.76 Å². The highest BCUT2D eigenvalue weighted by molar-refractivity contribution is 6.24. The van der Waals surface area contributed by atoms with Gasteiger partial charge in [-0.3, -0.25) is 24.1 Å². The van der Waals surface area contributed by atoms with Crippen LogP contribution in [0.25, 0.3) is 0 Å². The third-order valence-corrected chi connectivity index (χ3v) is 4.20. The lowest BCUT2D eigenvalue weighted by molar-refractivity contribution is -0.137. The van der Waals surface area contributed by atoms with E-state index in [4.69, 9.17) is 9.84 Å². The second-order valence-corrected chi connectivity index (χ2v) is 6.41. The number of hydrogen-bond acceptors (Lipinski definition) is 6. The summed E-state index contributed by atoms with van der Waals surface area (Å²) < 4.78 is 5.18. The molecule has 168 valence electrons. The fraction of sp³-hybridized carbons (Fsp3) is 0.364. The van der Waals surface area contributed by atoms with E-state index >= 15 is 0 Å². The molecule has 0 aromatic heterocycles. The fourth-order valence-electron chi connectivity index (χ4n) is 2.79. The van der Waals surface area contributed by atoms with Crippen LogP contribution in [0.1, 0.15) is 54.3 Å². The molecule has 1 aliphatic heterocycles. The van der Waals surface area contributed by atoms with Crippen molar-refractivity contribution in [1.29, 1.82) is 0 Å². The summed E-state index contributed by atoms with van der Waals surface area (Å²) in [6, 6.07) is 4.57. The summed E-state index contributed by atoms with van der Waals surface area (Å²) >= 11 is 0. The third-order valence-electron chi connectivity index (χ3n) is 4.20. The molecule has 2 rings (SSSR count). The molecule has 0 fully saturated rings. The summed E-state index contributed by atoms with van der Waals surface area (Å²) in [6.07, 6.45) is 9.93. The van der Waals surface area contributed by atoms with E-state index in [-0.39, 0.29) is 24.7 Å². The molecule has 4 N–H and O–H groups in total. The molecule has 0 aliphatic carbocycles. The third kappa shape index (κ3) is 7.85. The number of allylic oxidation sites excluding steroid dienone is 1. The van der Waals surface area contributed by atoms with Crippen LogP contribution in [0.4, 0.5) is 5.69 Å². The van der Waals surface area contributed by atoms with Crippen LogP contribution in [0, 0.1) is 12.8 Å². The Bertz CT molecular complexity index is 856. The van der Waals surface area contributed by atoms with Crippen molar-refractivity contribution < 1.29 is 29.0 Å². The molecular weight excluding hydrogens is 402 g/mol. The molecule has 31 heavy (non-hydrogen) atoms. The maximum Gasteiger partial charge on any atom is 0.303 e. The molecular formula is C22H29N3O6. The number of imide groups is 1. The second-order valence-electron chi connectivity index (χ2n) is 6.41. The highest BCUT2D eigenvalue weighted by Gasteiger charge is 2.40. The molecule has 9 heteroatoms. The molecule has 0 saturated carbocycles. The molecule has 9 nitrogen and oxygen atoms in total. The Kier molecular flexibility index (Phi) is 11.8. The van der Waals surface area contributed by atoms with Gasteiger partial charge in [-0.1, -0.05) is 6.07 Å². The van der Waals surface area contributed by atoms with Crippen LogP contribution in [0.3, 0.4) is 0 Å². The number of carboxylic acids is 1. The number of ether oxygens (including phenoxy) is 1. The molecule has 1 heterocycles. The first kappa shape index (κ1) is 27.2. The number of rotatable bonds is 8. The number of methoxy groups -OCH3 is 1. The molecule has 1 aromatic rings. The summed E-state index contributed by atoms with van der Waals surface area (Å²) in [5, 5.41) is 11.9. The summed E-state index contributed by atoms with van der Waals surface area (Å²) in [5.74, 6) is -1.37. The number of primary amides is 1. The number of carbonyl (C=O) groups excluding carboxylic acids is 3. The average molecular weight is 431 g/mol. The Labute approximate surface area is 182 Å². The summed E-state index contributed by atoms with van der Waals surface area (Å²) in [5.41, 5.74) is 5.68. The standard InChI is InChI=1S/C18H22N2O5.C2H5NO.C2H2/c1-4-12(25-3)10-19-14-7-5-6-13-16(14)18(24)20(17(13)23)11(2)8-9-15(21)22;1-2(3)4;1-2/h4-7,11,19H,8-10H2,1-3H3,(H,21,22);1H3,(H2,3,4);1-2H/b12-4-;;. The smallest absolute Gasteiger partial charge is 0.303 e. The number of nitrogens with zero attached hydrogens (tertiary/aromatic N) is 1. The fourth-order valence-corrected chi connectivity index (χ4v) is 2.79. The van der Waals surface area contributed by atoms with Crippen molar-refractivity contribution in [3.8, 4) is 12.8 Å². The van der Waals surface area contributed by atoms with Crippen molar-refractivity contribution >= 4 is 29.4 Å². The van der Waals surface area contributed by atoms with Crippen molar-refractivity contribution in [2.75, 3.05) is 19.0 Å². The molecule has 1 unspecified atom stereocenters. The predicted molar refractivity (Wildman–Crippen MR) is 117 cm³/mol. The number of anilines is 1. The van der Waals surface area contributed by atoms with Crippen molar-refractivity contribution in [2.24, 2.45) is 5.73 Å². The molecule has 0 saturated heterocycles. The van der Waals surface area contributed by atoms with Crippen LogP contribution >= 0.6 is 0 Å². The van der Waals surface area contributed by atoms with Gasteiger partial charge in [0.15, 0.2) is 0 Å². The zero-order valence-electron chi connectivity index (χ0n) is 18.2. The van der Waals surface area contributed by atoms with Gasteiger partial charge in [0.25, 0.3) is 11.8 Å². The largest absolute Gasteiger partial charge is 0.500 e. The van der Waals surface area contributed by atoms with Gasteiger partial charge in [0, 0.05) is 25.1 Å². The van der Waals surface area contributed by atoms with Crippen molar-refractivity contribution in [1.82, 2.24) is 4.90 Å². The number of carboxylic acid groups (broad SMARTS) is 1. The van der Waals surface area contributed by atoms with Gasteiger partial charge < -0.3 is 20.9 Å². The van der Waals surface area contributed by atoms with Crippen LogP contribution in [-0.4, -0.2) is 53.4 Å². The van der Waals surface area contributed by atoms with Crippen molar-refractivity contribution in [3.05, 3.63) is 41.2 Å². The van der Waals surface area contributed by atoms with Crippen LogP contribution in [0.15, 0.2) is 30.0 Å². The Hall–Kier alpha value is -3.80. The zero-order valence-corrected chi connectivity index (χ0v) is 18.2. The molecule has 1 aliphatic rings. The number of hydrogen-bond donors (Lipinski definition) is 3. The predicted octanol–water partition coefficient (Wildman–Crippen LogP) is 2.24. The van der Waals surface area contributed by atoms with E-state index in [1.165, 1.54) is 6.92 Å². The minimum absolute atomic E-state index is 0.0990. The molecule has 0 bridgehead atoms. The lowest BCUT2D eigenvalue weighted by Gasteiger charge is -2.21. The lowest BCUT2D eigenvalue weighted by atomic mass is 10.1. The lowest BCUT2D eigenvalue weighted by Crippen LogP contribution is -2.38. The maximum absolute atomic E-state index is 12.8. The SMILES string of the molecule is C#C.C/C=C(/CNc1cccc2c1C(=O)N(C(C)CCC(=O)O)C2=O)OC.CC(N)=O. The minimum Gasteiger partial charge on any atom is -0.500 e. The van der Waals surface area contributed by atoms with Crippen LogP contribution in [-0.2, 0) is 14.3 Å².